The highest BCUT2D eigenvalue weighted by Gasteiger charge is 2.09. The minimum absolute atomic E-state index is 0.193. The molecule has 17 heavy (non-hydrogen) atoms. The third-order valence-corrected chi connectivity index (χ3v) is 2.45. The first-order valence-electron chi connectivity index (χ1n) is 5.61. The largest absolute Gasteiger partial charge is 0.464 e. The zero-order valence-corrected chi connectivity index (χ0v) is 10.9. The van der Waals surface area contributed by atoms with E-state index in [9.17, 15) is 4.79 Å². The summed E-state index contributed by atoms with van der Waals surface area (Å²) in [5.74, 6) is 0.458. The fraction of sp³-hybridized carbons (Fsp3) is 0.500. The maximum Gasteiger partial charge on any atom is 0.325 e. The van der Waals surface area contributed by atoms with Crippen LogP contribution in [0.2, 0.25) is 5.02 Å². The molecule has 0 unspecified atom stereocenters. The molecule has 94 valence electrons. The maximum absolute atomic E-state index is 11.5. The van der Waals surface area contributed by atoms with Gasteiger partial charge in [-0.1, -0.05) is 24.9 Å². The van der Waals surface area contributed by atoms with Crippen LogP contribution in [0.25, 0.3) is 0 Å². The second kappa shape index (κ2) is 7.12. The van der Waals surface area contributed by atoms with Crippen LogP contribution in [-0.4, -0.2) is 31.2 Å². The van der Waals surface area contributed by atoms with Gasteiger partial charge in [-0.3, -0.25) is 4.79 Å². The van der Waals surface area contributed by atoms with Crippen molar-refractivity contribution in [2.75, 3.05) is 25.1 Å². The van der Waals surface area contributed by atoms with Gasteiger partial charge in [0.2, 0.25) is 0 Å². The first-order chi connectivity index (χ1) is 8.13. The number of esters is 1. The Labute approximate surface area is 107 Å². The van der Waals surface area contributed by atoms with E-state index in [1.54, 1.807) is 30.3 Å². The summed E-state index contributed by atoms with van der Waals surface area (Å²) in [6, 6.07) is 3.50. The van der Waals surface area contributed by atoms with Crippen molar-refractivity contribution in [3.8, 4) is 0 Å². The van der Waals surface area contributed by atoms with Crippen LogP contribution in [0.1, 0.15) is 19.8 Å². The number of anilines is 1. The molecule has 1 heterocycles. The highest BCUT2D eigenvalue weighted by atomic mass is 35.5. The van der Waals surface area contributed by atoms with Crippen LogP contribution in [0.4, 0.5) is 5.82 Å². The van der Waals surface area contributed by atoms with Crippen molar-refractivity contribution >= 4 is 23.4 Å². The van der Waals surface area contributed by atoms with Gasteiger partial charge in [0, 0.05) is 13.2 Å². The number of pyridine rings is 1. The van der Waals surface area contributed by atoms with Crippen LogP contribution in [0.5, 0.6) is 0 Å². The normalized spacial score (nSPS) is 10.1. The predicted molar refractivity (Wildman–Crippen MR) is 68.4 cm³/mol. The van der Waals surface area contributed by atoms with Crippen LogP contribution in [0.15, 0.2) is 18.3 Å². The van der Waals surface area contributed by atoms with Gasteiger partial charge in [-0.05, 0) is 18.6 Å². The number of halogens is 1. The fourth-order valence-electron chi connectivity index (χ4n) is 1.24. The lowest BCUT2D eigenvalue weighted by molar-refractivity contribution is -0.142. The smallest absolute Gasteiger partial charge is 0.325 e. The van der Waals surface area contributed by atoms with Gasteiger partial charge in [-0.25, -0.2) is 4.98 Å². The molecule has 0 amide bonds. The van der Waals surface area contributed by atoms with Crippen LogP contribution < -0.4 is 4.90 Å². The van der Waals surface area contributed by atoms with Crippen molar-refractivity contribution in [1.29, 1.82) is 0 Å². The number of aromatic nitrogens is 1. The van der Waals surface area contributed by atoms with E-state index in [1.165, 1.54) is 0 Å². The van der Waals surface area contributed by atoms with Crippen molar-refractivity contribution in [2.24, 2.45) is 0 Å². The zero-order valence-electron chi connectivity index (χ0n) is 10.1. The Morgan fingerprint density at radius 2 is 2.29 bits per heavy atom. The van der Waals surface area contributed by atoms with Crippen LogP contribution >= 0.6 is 11.6 Å². The van der Waals surface area contributed by atoms with Gasteiger partial charge in [0.05, 0.1) is 11.6 Å². The molecule has 0 fully saturated rings. The summed E-state index contributed by atoms with van der Waals surface area (Å²) in [5, 5.41) is 0.577. The molecular weight excluding hydrogens is 240 g/mol. The zero-order chi connectivity index (χ0) is 12.7. The number of carbonyl (C=O) groups excluding carboxylic acids is 1. The first-order valence-corrected chi connectivity index (χ1v) is 5.99. The Balaban J connectivity index is 2.40. The van der Waals surface area contributed by atoms with E-state index in [-0.39, 0.29) is 12.5 Å². The number of likely N-dealkylation sites (N-methyl/N-ethyl adjacent to an activating group) is 1. The molecule has 0 aliphatic carbocycles. The molecule has 0 radical (unpaired) electrons. The molecule has 1 aromatic rings. The number of rotatable bonds is 6. The number of hydrogen-bond donors (Lipinski definition) is 0. The number of unbranched alkanes of at least 4 members (excludes halogenated alkanes) is 1. The Morgan fingerprint density at radius 1 is 1.53 bits per heavy atom. The Kier molecular flexibility index (Phi) is 5.77. The Bertz CT molecular complexity index is 354. The SMILES string of the molecule is CCCCOC(=O)CN(C)c1ccc(Cl)cn1. The summed E-state index contributed by atoms with van der Waals surface area (Å²) in [6.07, 6.45) is 3.46. The van der Waals surface area contributed by atoms with Gasteiger partial charge < -0.3 is 9.64 Å². The van der Waals surface area contributed by atoms with Gasteiger partial charge >= 0.3 is 5.97 Å². The quantitative estimate of drug-likeness (QED) is 0.579. The molecule has 0 saturated heterocycles. The molecule has 0 spiro atoms. The lowest BCUT2D eigenvalue weighted by Gasteiger charge is -2.16. The molecule has 0 aromatic carbocycles. The maximum atomic E-state index is 11.5. The van der Waals surface area contributed by atoms with E-state index in [1.807, 2.05) is 0 Å². The van der Waals surface area contributed by atoms with Crippen molar-refractivity contribution in [3.63, 3.8) is 0 Å². The second-order valence-electron chi connectivity index (χ2n) is 3.76. The molecule has 0 N–H and O–H groups in total. The van der Waals surface area contributed by atoms with Crippen LogP contribution in [0.3, 0.4) is 0 Å². The Morgan fingerprint density at radius 3 is 2.88 bits per heavy atom. The summed E-state index contributed by atoms with van der Waals surface area (Å²) in [7, 11) is 1.79. The average Bonchev–Trinajstić information content (AvgIpc) is 2.30. The molecule has 0 aliphatic rings. The molecule has 1 aromatic heterocycles. The van der Waals surface area contributed by atoms with Gasteiger partial charge in [-0.2, -0.15) is 0 Å². The van der Waals surface area contributed by atoms with Gasteiger partial charge in [0.15, 0.2) is 0 Å². The summed E-state index contributed by atoms with van der Waals surface area (Å²) < 4.78 is 5.06. The van der Waals surface area contributed by atoms with E-state index in [4.69, 9.17) is 16.3 Å². The van der Waals surface area contributed by atoms with E-state index < -0.39 is 0 Å². The molecule has 0 aliphatic heterocycles. The summed E-state index contributed by atoms with van der Waals surface area (Å²) in [6.45, 7) is 2.73. The number of hydrogen-bond acceptors (Lipinski definition) is 4. The van der Waals surface area contributed by atoms with E-state index in [0.717, 1.165) is 12.8 Å². The van der Waals surface area contributed by atoms with Crippen molar-refractivity contribution in [2.45, 2.75) is 19.8 Å². The number of carbonyl (C=O) groups is 1. The fourth-order valence-corrected chi connectivity index (χ4v) is 1.36. The van der Waals surface area contributed by atoms with Crippen molar-refractivity contribution in [1.82, 2.24) is 4.98 Å². The molecular formula is C12H17ClN2O2. The molecule has 5 heteroatoms. The van der Waals surface area contributed by atoms with E-state index in [0.29, 0.717) is 17.4 Å². The van der Waals surface area contributed by atoms with E-state index in [2.05, 4.69) is 11.9 Å². The Hall–Kier alpha value is -1.29. The first kappa shape index (κ1) is 13.8. The van der Waals surface area contributed by atoms with Crippen LogP contribution in [0, 0.1) is 0 Å². The third kappa shape index (κ3) is 5.04. The van der Waals surface area contributed by atoms with Gasteiger partial charge in [-0.15, -0.1) is 0 Å². The molecule has 4 nitrogen and oxygen atoms in total. The summed E-state index contributed by atoms with van der Waals surface area (Å²) >= 11 is 5.73. The predicted octanol–water partition coefficient (Wildman–Crippen LogP) is 2.51. The number of ether oxygens (including phenoxy) is 1. The summed E-state index contributed by atoms with van der Waals surface area (Å²) in [5.41, 5.74) is 0. The van der Waals surface area contributed by atoms with Gasteiger partial charge in [0.25, 0.3) is 0 Å². The van der Waals surface area contributed by atoms with E-state index >= 15 is 0 Å². The number of nitrogens with zero attached hydrogens (tertiary/aromatic N) is 2. The van der Waals surface area contributed by atoms with Crippen molar-refractivity contribution < 1.29 is 9.53 Å². The second-order valence-corrected chi connectivity index (χ2v) is 4.20. The van der Waals surface area contributed by atoms with Crippen LogP contribution in [-0.2, 0) is 9.53 Å². The molecule has 0 bridgehead atoms. The van der Waals surface area contributed by atoms with Crippen molar-refractivity contribution in [3.05, 3.63) is 23.4 Å². The minimum atomic E-state index is -0.238. The van der Waals surface area contributed by atoms with Gasteiger partial charge in [0.1, 0.15) is 12.4 Å². The minimum Gasteiger partial charge on any atom is -0.464 e. The third-order valence-electron chi connectivity index (χ3n) is 2.23. The lowest BCUT2D eigenvalue weighted by atomic mass is 10.4. The highest BCUT2D eigenvalue weighted by molar-refractivity contribution is 6.30. The average molecular weight is 257 g/mol. The molecule has 0 atom stereocenters. The standard InChI is InChI=1S/C12H17ClN2O2/c1-3-4-7-17-12(16)9-15(2)11-6-5-10(13)8-14-11/h5-6,8H,3-4,7,9H2,1-2H3. The monoisotopic (exact) mass is 256 g/mol. The molecule has 1 rings (SSSR count). The topological polar surface area (TPSA) is 42.4 Å². The molecule has 0 saturated carbocycles. The summed E-state index contributed by atoms with van der Waals surface area (Å²) in [4.78, 5) is 17.3. The lowest BCUT2D eigenvalue weighted by Crippen LogP contribution is -2.27. The highest BCUT2D eigenvalue weighted by Crippen LogP contribution is 2.12.